The molecule has 0 saturated heterocycles. The van der Waals surface area contributed by atoms with E-state index in [0.717, 1.165) is 13.1 Å². The lowest BCUT2D eigenvalue weighted by atomic mass is 9.94. The number of aliphatic carboxylic acids is 1. The van der Waals surface area contributed by atoms with E-state index in [1.165, 1.54) is 5.56 Å². The second kappa shape index (κ2) is 7.26. The molecule has 2 N–H and O–H groups in total. The van der Waals surface area contributed by atoms with E-state index in [9.17, 15) is 4.79 Å². The van der Waals surface area contributed by atoms with Crippen LogP contribution in [0, 0.1) is 5.41 Å². The first-order valence-corrected chi connectivity index (χ1v) is 6.50. The van der Waals surface area contributed by atoms with Gasteiger partial charge in [-0.05, 0) is 12.5 Å². The van der Waals surface area contributed by atoms with Crippen molar-refractivity contribution < 1.29 is 14.6 Å². The molecule has 1 aromatic rings. The summed E-state index contributed by atoms with van der Waals surface area (Å²) in [6.07, 6.45) is -0.756. The number of carboxylic acids is 1. The SMILES string of the molecule is CC(OCC(C)(C)CNCc1ccccc1)C(=O)O. The van der Waals surface area contributed by atoms with Crippen LogP contribution in [0.3, 0.4) is 0 Å². The number of ether oxygens (including phenoxy) is 1. The summed E-state index contributed by atoms with van der Waals surface area (Å²) in [7, 11) is 0. The number of benzene rings is 1. The predicted molar refractivity (Wildman–Crippen MR) is 75.0 cm³/mol. The van der Waals surface area contributed by atoms with Gasteiger partial charge in [0.05, 0.1) is 6.61 Å². The standard InChI is InChI=1S/C15H23NO3/c1-12(14(17)18)19-11-15(2,3)10-16-9-13-7-5-4-6-8-13/h4-8,12,16H,9-11H2,1-3H3,(H,17,18). The highest BCUT2D eigenvalue weighted by molar-refractivity contribution is 5.71. The molecule has 4 nitrogen and oxygen atoms in total. The van der Waals surface area contributed by atoms with Gasteiger partial charge in [-0.1, -0.05) is 44.2 Å². The molecule has 4 heteroatoms. The molecule has 0 aromatic heterocycles. The number of hydrogen-bond donors (Lipinski definition) is 2. The van der Waals surface area contributed by atoms with Gasteiger partial charge >= 0.3 is 5.97 Å². The molecule has 0 radical (unpaired) electrons. The highest BCUT2D eigenvalue weighted by Crippen LogP contribution is 2.15. The Balaban J connectivity index is 2.28. The molecule has 0 aliphatic heterocycles. The Morgan fingerprint density at radius 3 is 2.58 bits per heavy atom. The normalized spacial score (nSPS) is 13.2. The van der Waals surface area contributed by atoms with Gasteiger partial charge in [0.1, 0.15) is 0 Å². The molecule has 0 saturated carbocycles. The summed E-state index contributed by atoms with van der Waals surface area (Å²) in [5.74, 6) is -0.923. The maximum absolute atomic E-state index is 10.7. The van der Waals surface area contributed by atoms with Crippen molar-refractivity contribution in [2.24, 2.45) is 5.41 Å². The minimum atomic E-state index is -0.923. The summed E-state index contributed by atoms with van der Waals surface area (Å²) in [4.78, 5) is 10.7. The van der Waals surface area contributed by atoms with Crippen molar-refractivity contribution in [1.82, 2.24) is 5.32 Å². The van der Waals surface area contributed by atoms with Crippen LogP contribution in [0.1, 0.15) is 26.3 Å². The van der Waals surface area contributed by atoms with Gasteiger partial charge in [0, 0.05) is 18.5 Å². The molecule has 0 aliphatic rings. The van der Waals surface area contributed by atoms with Crippen LogP contribution in [0.15, 0.2) is 30.3 Å². The zero-order valence-corrected chi connectivity index (χ0v) is 11.8. The van der Waals surface area contributed by atoms with Crippen molar-refractivity contribution in [1.29, 1.82) is 0 Å². The highest BCUT2D eigenvalue weighted by Gasteiger charge is 2.21. The molecular weight excluding hydrogens is 242 g/mol. The summed E-state index contributed by atoms with van der Waals surface area (Å²) in [5.41, 5.74) is 1.14. The van der Waals surface area contributed by atoms with Crippen LogP contribution in [0.4, 0.5) is 0 Å². The van der Waals surface area contributed by atoms with Gasteiger partial charge < -0.3 is 15.2 Å². The van der Waals surface area contributed by atoms with Crippen LogP contribution in [0.25, 0.3) is 0 Å². The Hall–Kier alpha value is -1.39. The van der Waals surface area contributed by atoms with Crippen molar-refractivity contribution in [3.63, 3.8) is 0 Å². The van der Waals surface area contributed by atoms with Crippen molar-refractivity contribution in [3.05, 3.63) is 35.9 Å². The summed E-state index contributed by atoms with van der Waals surface area (Å²) in [5, 5.41) is 12.1. The first kappa shape index (κ1) is 15.7. The third-order valence-electron chi connectivity index (χ3n) is 2.85. The molecule has 1 atom stereocenters. The summed E-state index contributed by atoms with van der Waals surface area (Å²) in [6.45, 7) is 7.66. The van der Waals surface area contributed by atoms with Crippen molar-refractivity contribution in [3.8, 4) is 0 Å². The maximum atomic E-state index is 10.7. The molecule has 0 amide bonds. The maximum Gasteiger partial charge on any atom is 0.332 e. The molecule has 1 rings (SSSR count). The molecular formula is C15H23NO3. The third kappa shape index (κ3) is 6.36. The van der Waals surface area contributed by atoms with Crippen LogP contribution in [0.2, 0.25) is 0 Å². The third-order valence-corrected chi connectivity index (χ3v) is 2.85. The number of nitrogens with one attached hydrogen (secondary N) is 1. The van der Waals surface area contributed by atoms with Crippen LogP contribution >= 0.6 is 0 Å². The van der Waals surface area contributed by atoms with Crippen LogP contribution in [-0.4, -0.2) is 30.3 Å². The zero-order valence-electron chi connectivity index (χ0n) is 11.8. The van der Waals surface area contributed by atoms with Gasteiger partial charge in [0.15, 0.2) is 6.10 Å². The lowest BCUT2D eigenvalue weighted by Crippen LogP contribution is -2.35. The predicted octanol–water partition coefficient (Wildman–Crippen LogP) is 2.29. The molecule has 1 unspecified atom stereocenters. The monoisotopic (exact) mass is 265 g/mol. The smallest absolute Gasteiger partial charge is 0.332 e. The van der Waals surface area contributed by atoms with Crippen LogP contribution < -0.4 is 5.32 Å². The van der Waals surface area contributed by atoms with Crippen molar-refractivity contribution >= 4 is 5.97 Å². The summed E-state index contributed by atoms with van der Waals surface area (Å²) >= 11 is 0. The largest absolute Gasteiger partial charge is 0.479 e. The Bertz CT molecular complexity index is 390. The lowest BCUT2D eigenvalue weighted by Gasteiger charge is -2.26. The fraction of sp³-hybridized carbons (Fsp3) is 0.533. The Labute approximate surface area is 114 Å². The Kier molecular flexibility index (Phi) is 5.99. The molecule has 0 aliphatic carbocycles. The van der Waals surface area contributed by atoms with Gasteiger partial charge in [0.2, 0.25) is 0 Å². The number of carbonyl (C=O) groups is 1. The Morgan fingerprint density at radius 2 is 2.00 bits per heavy atom. The van der Waals surface area contributed by atoms with Gasteiger partial charge in [-0.15, -0.1) is 0 Å². The summed E-state index contributed by atoms with van der Waals surface area (Å²) < 4.78 is 5.33. The fourth-order valence-corrected chi connectivity index (χ4v) is 1.61. The topological polar surface area (TPSA) is 58.6 Å². The first-order valence-electron chi connectivity index (χ1n) is 6.50. The number of rotatable bonds is 8. The number of carboxylic acid groups (broad SMARTS) is 1. The molecule has 0 fully saturated rings. The second-order valence-corrected chi connectivity index (χ2v) is 5.54. The van der Waals surface area contributed by atoms with Gasteiger partial charge in [0.25, 0.3) is 0 Å². The van der Waals surface area contributed by atoms with E-state index in [4.69, 9.17) is 9.84 Å². The molecule has 106 valence electrons. The lowest BCUT2D eigenvalue weighted by molar-refractivity contribution is -0.150. The zero-order chi connectivity index (χ0) is 14.3. The Morgan fingerprint density at radius 1 is 1.37 bits per heavy atom. The van der Waals surface area contributed by atoms with Gasteiger partial charge in [-0.3, -0.25) is 0 Å². The molecule has 1 aromatic carbocycles. The van der Waals surface area contributed by atoms with Crippen molar-refractivity contribution in [2.45, 2.75) is 33.4 Å². The quantitative estimate of drug-likeness (QED) is 0.757. The van der Waals surface area contributed by atoms with Crippen molar-refractivity contribution in [2.75, 3.05) is 13.2 Å². The molecule has 19 heavy (non-hydrogen) atoms. The van der Waals surface area contributed by atoms with E-state index in [1.807, 2.05) is 18.2 Å². The van der Waals surface area contributed by atoms with E-state index in [-0.39, 0.29) is 5.41 Å². The minimum Gasteiger partial charge on any atom is -0.479 e. The average molecular weight is 265 g/mol. The highest BCUT2D eigenvalue weighted by atomic mass is 16.5. The van der Waals surface area contributed by atoms with E-state index in [2.05, 4.69) is 31.3 Å². The van der Waals surface area contributed by atoms with E-state index >= 15 is 0 Å². The van der Waals surface area contributed by atoms with E-state index < -0.39 is 12.1 Å². The van der Waals surface area contributed by atoms with E-state index in [0.29, 0.717) is 6.61 Å². The van der Waals surface area contributed by atoms with Gasteiger partial charge in [-0.2, -0.15) is 0 Å². The van der Waals surface area contributed by atoms with Crippen LogP contribution in [0.5, 0.6) is 0 Å². The first-order chi connectivity index (χ1) is 8.91. The summed E-state index contributed by atoms with van der Waals surface area (Å²) in [6, 6.07) is 10.2. The average Bonchev–Trinajstić information content (AvgIpc) is 2.37. The molecule has 0 bridgehead atoms. The second-order valence-electron chi connectivity index (χ2n) is 5.54. The minimum absolute atomic E-state index is 0.0987. The van der Waals surface area contributed by atoms with Gasteiger partial charge in [-0.25, -0.2) is 4.79 Å². The number of hydrogen-bond acceptors (Lipinski definition) is 3. The fourth-order valence-electron chi connectivity index (χ4n) is 1.61. The van der Waals surface area contributed by atoms with E-state index in [1.54, 1.807) is 6.92 Å². The van der Waals surface area contributed by atoms with Crippen LogP contribution in [-0.2, 0) is 16.1 Å². The molecule has 0 heterocycles. The molecule has 0 spiro atoms.